The summed E-state index contributed by atoms with van der Waals surface area (Å²) in [4.78, 5) is 73.7. The van der Waals surface area contributed by atoms with E-state index >= 15 is 0 Å². The number of rotatable bonds is 23. The number of hydrogen-bond donors (Lipinski definition) is 5. The molecule has 5 atom stereocenters. The van der Waals surface area contributed by atoms with Crippen LogP contribution in [-0.4, -0.2) is 84.0 Å². The molecule has 0 aliphatic carbocycles. The van der Waals surface area contributed by atoms with Gasteiger partial charge in [-0.25, -0.2) is 4.98 Å². The maximum Gasteiger partial charge on any atom is 0.303 e. The van der Waals surface area contributed by atoms with Crippen LogP contribution in [0.5, 0.6) is 0 Å². The third kappa shape index (κ3) is 14.9. The molecular weight excluding hydrogens is 751 g/mol. The number of ether oxygens (including phenoxy) is 1. The highest BCUT2D eigenvalue weighted by molar-refractivity contribution is 7.99. The number of thiazole rings is 1. The lowest BCUT2D eigenvalue weighted by Crippen LogP contribution is -2.54. The number of nitrogen functional groups attached to an aromatic ring is 1. The fraction of sp³-hybridized carbons (Fsp3) is 0.512. The maximum absolute atomic E-state index is 14.1. The van der Waals surface area contributed by atoms with Gasteiger partial charge in [0.2, 0.25) is 17.7 Å². The summed E-state index contributed by atoms with van der Waals surface area (Å²) in [6, 6.07) is 14.2. The van der Waals surface area contributed by atoms with Gasteiger partial charge in [-0.1, -0.05) is 58.7 Å². The molecule has 0 unspecified atom stereocenters. The van der Waals surface area contributed by atoms with E-state index in [-0.39, 0.29) is 41.5 Å². The van der Waals surface area contributed by atoms with Gasteiger partial charge in [0.1, 0.15) is 22.8 Å². The first-order valence-corrected chi connectivity index (χ1v) is 21.1. The van der Waals surface area contributed by atoms with E-state index in [9.17, 15) is 24.0 Å². The fourth-order valence-electron chi connectivity index (χ4n) is 6.02. The van der Waals surface area contributed by atoms with Crippen LogP contribution in [0.1, 0.15) is 94.7 Å². The van der Waals surface area contributed by atoms with Crippen molar-refractivity contribution < 1.29 is 28.7 Å². The Bertz CT molecular complexity index is 1710. The quantitative estimate of drug-likeness (QED) is 0.0328. The van der Waals surface area contributed by atoms with E-state index in [0.29, 0.717) is 29.2 Å². The monoisotopic (exact) mass is 809 g/mol. The lowest BCUT2D eigenvalue weighted by Gasteiger charge is -2.37. The van der Waals surface area contributed by atoms with Crippen molar-refractivity contribution in [1.82, 2.24) is 25.8 Å². The second-order valence-corrected chi connectivity index (χ2v) is 16.3. The molecule has 1 aromatic heterocycles. The summed E-state index contributed by atoms with van der Waals surface area (Å²) in [5, 5.41) is 13.7. The SMILES string of the molecule is CC[C@H](C)[C@H](NC(=O)CCCCCNC)C(=O)N(C)[C@H](C[C@@H](OC(C)=O)c1nc(C(=O)N[C@@H](CSc2ccccc2)C(=O)Nc2ccc(N)cc2)cs1)C(C)C. The number of unbranched alkanes of at least 4 members (excludes halogenated alkanes) is 2. The molecule has 0 spiro atoms. The van der Waals surface area contributed by atoms with Gasteiger partial charge in [0, 0.05) is 60.3 Å². The Hall–Kier alpha value is -4.47. The molecule has 0 radical (unpaired) electrons. The van der Waals surface area contributed by atoms with Crippen molar-refractivity contribution in [3.05, 3.63) is 70.7 Å². The van der Waals surface area contributed by atoms with Crippen molar-refractivity contribution in [2.24, 2.45) is 11.8 Å². The van der Waals surface area contributed by atoms with Gasteiger partial charge in [-0.2, -0.15) is 0 Å². The minimum atomic E-state index is -0.929. The normalized spacial score (nSPS) is 13.9. The number of likely N-dealkylation sites (N-methyl/N-ethyl adjacent to an activating group) is 1. The Morgan fingerprint density at radius 1 is 0.964 bits per heavy atom. The number of nitrogens with zero attached hydrogens (tertiary/aromatic N) is 2. The van der Waals surface area contributed by atoms with Crippen LogP contribution in [0.2, 0.25) is 0 Å². The van der Waals surface area contributed by atoms with Gasteiger partial charge in [-0.05, 0) is 74.7 Å². The van der Waals surface area contributed by atoms with Crippen LogP contribution in [0.15, 0.2) is 64.9 Å². The molecule has 4 amide bonds. The molecule has 3 aromatic rings. The minimum absolute atomic E-state index is 0.0624. The van der Waals surface area contributed by atoms with E-state index in [4.69, 9.17) is 10.5 Å². The molecule has 3 rings (SSSR count). The number of carbonyl (C=O) groups is 5. The van der Waals surface area contributed by atoms with Crippen molar-refractivity contribution in [1.29, 1.82) is 0 Å². The number of benzene rings is 2. The topological polar surface area (TPSA) is 185 Å². The van der Waals surface area contributed by atoms with Crippen LogP contribution in [0, 0.1) is 11.8 Å². The average molecular weight is 810 g/mol. The number of nitrogens with one attached hydrogen (secondary N) is 4. The van der Waals surface area contributed by atoms with Crippen LogP contribution in [0.3, 0.4) is 0 Å². The zero-order valence-corrected chi connectivity index (χ0v) is 35.3. The summed E-state index contributed by atoms with van der Waals surface area (Å²) < 4.78 is 5.78. The summed E-state index contributed by atoms with van der Waals surface area (Å²) in [6.45, 7) is 10.1. The second kappa shape index (κ2) is 23.6. The predicted molar refractivity (Wildman–Crippen MR) is 224 cm³/mol. The lowest BCUT2D eigenvalue weighted by molar-refractivity contribution is -0.149. The average Bonchev–Trinajstić information content (AvgIpc) is 3.68. The highest BCUT2D eigenvalue weighted by atomic mass is 32.2. The number of nitrogens with two attached hydrogens (primary N) is 1. The zero-order chi connectivity index (χ0) is 41.2. The van der Waals surface area contributed by atoms with Gasteiger partial charge in [0.15, 0.2) is 6.10 Å². The number of amides is 4. The second-order valence-electron chi connectivity index (χ2n) is 14.3. The zero-order valence-electron chi connectivity index (χ0n) is 33.6. The molecule has 15 heteroatoms. The van der Waals surface area contributed by atoms with Crippen LogP contribution >= 0.6 is 23.1 Å². The summed E-state index contributed by atoms with van der Waals surface area (Å²) in [7, 11) is 3.61. The molecule has 2 aromatic carbocycles. The van der Waals surface area contributed by atoms with Gasteiger partial charge in [-0.15, -0.1) is 23.1 Å². The van der Waals surface area contributed by atoms with Crippen LogP contribution in [0.25, 0.3) is 0 Å². The maximum atomic E-state index is 14.1. The highest BCUT2D eigenvalue weighted by Gasteiger charge is 2.35. The largest absolute Gasteiger partial charge is 0.455 e. The van der Waals surface area contributed by atoms with Crippen molar-refractivity contribution in [3.8, 4) is 0 Å². The van der Waals surface area contributed by atoms with Crippen molar-refractivity contribution in [2.45, 2.75) is 102 Å². The number of anilines is 2. The van der Waals surface area contributed by atoms with Gasteiger partial charge < -0.3 is 36.6 Å². The van der Waals surface area contributed by atoms with E-state index in [1.807, 2.05) is 65.1 Å². The van der Waals surface area contributed by atoms with E-state index in [0.717, 1.165) is 42.0 Å². The van der Waals surface area contributed by atoms with Gasteiger partial charge in [0.05, 0.1) is 0 Å². The number of carbonyl (C=O) groups excluding carboxylic acids is 5. The smallest absolute Gasteiger partial charge is 0.303 e. The summed E-state index contributed by atoms with van der Waals surface area (Å²) in [6.07, 6.45) is 3.00. The predicted octanol–water partition coefficient (Wildman–Crippen LogP) is 6.04. The van der Waals surface area contributed by atoms with Crippen molar-refractivity contribution >= 4 is 64.1 Å². The summed E-state index contributed by atoms with van der Waals surface area (Å²) >= 11 is 2.58. The van der Waals surface area contributed by atoms with Crippen LogP contribution in [0.4, 0.5) is 11.4 Å². The van der Waals surface area contributed by atoms with E-state index in [1.54, 1.807) is 41.6 Å². The molecular formula is C41H59N7O6S2. The molecule has 1 heterocycles. The van der Waals surface area contributed by atoms with Gasteiger partial charge in [0.25, 0.3) is 5.91 Å². The van der Waals surface area contributed by atoms with E-state index < -0.39 is 42.0 Å². The Morgan fingerprint density at radius 3 is 2.29 bits per heavy atom. The molecule has 0 bridgehead atoms. The number of esters is 1. The Balaban J connectivity index is 1.79. The summed E-state index contributed by atoms with van der Waals surface area (Å²) in [5.74, 6) is -1.83. The van der Waals surface area contributed by atoms with Gasteiger partial charge >= 0.3 is 5.97 Å². The summed E-state index contributed by atoms with van der Waals surface area (Å²) in [5.41, 5.74) is 6.96. The third-order valence-electron chi connectivity index (χ3n) is 9.49. The number of thioether (sulfide) groups is 1. The first-order chi connectivity index (χ1) is 26.7. The number of hydrogen-bond acceptors (Lipinski definition) is 11. The minimum Gasteiger partial charge on any atom is -0.455 e. The van der Waals surface area contributed by atoms with E-state index in [2.05, 4.69) is 26.3 Å². The molecule has 0 aliphatic heterocycles. The van der Waals surface area contributed by atoms with Gasteiger partial charge in [-0.3, -0.25) is 24.0 Å². The molecule has 0 aliphatic rings. The first-order valence-electron chi connectivity index (χ1n) is 19.2. The molecule has 6 N–H and O–H groups in total. The van der Waals surface area contributed by atoms with E-state index in [1.165, 1.54) is 18.7 Å². The molecule has 0 fully saturated rings. The van der Waals surface area contributed by atoms with Crippen molar-refractivity contribution in [2.75, 3.05) is 37.4 Å². The number of aromatic nitrogens is 1. The molecule has 306 valence electrons. The van der Waals surface area contributed by atoms with Crippen molar-refractivity contribution in [3.63, 3.8) is 0 Å². The first kappa shape index (κ1) is 45.9. The molecule has 0 saturated carbocycles. The Labute approximate surface area is 339 Å². The fourth-order valence-corrected chi connectivity index (χ4v) is 7.80. The molecule has 0 saturated heterocycles. The Kier molecular flexibility index (Phi) is 19.3. The Morgan fingerprint density at radius 2 is 1.66 bits per heavy atom. The van der Waals surface area contributed by atoms with Crippen LogP contribution < -0.4 is 27.0 Å². The molecule has 56 heavy (non-hydrogen) atoms. The lowest BCUT2D eigenvalue weighted by atomic mass is 9.93. The highest BCUT2D eigenvalue weighted by Crippen LogP contribution is 2.31. The van der Waals surface area contributed by atoms with Crippen LogP contribution in [-0.2, 0) is 23.9 Å². The molecule has 13 nitrogen and oxygen atoms in total. The standard InChI is InChI=1S/C41H59N7O6S2/c1-8-27(4)37(47-36(50)17-13-10-14-22-43-6)41(53)48(7)34(26(2)3)23-35(54-28(5)49)40-46-33(25-56-40)39(52)45-32(24-55-31-15-11-9-12-16-31)38(51)44-30-20-18-29(42)19-21-30/h9,11-12,15-16,18-21,25-27,32,34-35,37,43H,8,10,13-14,17,22-24,42H2,1-7H3,(H,44,51)(H,45,52)(H,47,50)/t27-,32-,34+,35+,37-/m0/s1. The third-order valence-corrected chi connectivity index (χ3v) is 11.5.